The zero-order valence-electron chi connectivity index (χ0n) is 9.74. The van der Waals surface area contributed by atoms with Gasteiger partial charge in [0.1, 0.15) is 11.8 Å². The quantitative estimate of drug-likeness (QED) is 0.754. The van der Waals surface area contributed by atoms with Gasteiger partial charge in [-0.1, -0.05) is 26.0 Å². The molecule has 2 nitrogen and oxygen atoms in total. The number of nitrogens with zero attached hydrogens (tertiary/aromatic N) is 1. The lowest BCUT2D eigenvalue weighted by Crippen LogP contribution is -2.09. The minimum absolute atomic E-state index is 0.397. The molecule has 0 fully saturated rings. The summed E-state index contributed by atoms with van der Waals surface area (Å²) in [7, 11) is 0. The van der Waals surface area contributed by atoms with E-state index in [9.17, 15) is 0 Å². The van der Waals surface area contributed by atoms with Crippen LogP contribution in [0.4, 0.5) is 0 Å². The van der Waals surface area contributed by atoms with Crippen molar-refractivity contribution in [3.05, 3.63) is 29.3 Å². The summed E-state index contributed by atoms with van der Waals surface area (Å²) in [5.74, 6) is 1.29. The maximum atomic E-state index is 8.69. The number of hydrogen-bond donors (Lipinski definition) is 0. The molecule has 0 aliphatic carbocycles. The van der Waals surface area contributed by atoms with E-state index in [1.165, 1.54) is 5.56 Å². The number of aryl methyl sites for hydroxylation is 1. The van der Waals surface area contributed by atoms with Crippen LogP contribution in [0.25, 0.3) is 0 Å². The van der Waals surface area contributed by atoms with Crippen LogP contribution in [0.5, 0.6) is 5.75 Å². The van der Waals surface area contributed by atoms with Crippen LogP contribution in [0.2, 0.25) is 0 Å². The van der Waals surface area contributed by atoms with Crippen LogP contribution >= 0.6 is 0 Å². The molecule has 0 saturated carbocycles. The van der Waals surface area contributed by atoms with E-state index >= 15 is 0 Å². The molecule has 0 aliphatic rings. The first-order valence-corrected chi connectivity index (χ1v) is 5.21. The van der Waals surface area contributed by atoms with Gasteiger partial charge in [0.25, 0.3) is 0 Å². The molecule has 80 valence electrons. The molecule has 0 aliphatic heterocycles. The number of hydrogen-bond acceptors (Lipinski definition) is 2. The fourth-order valence-corrected chi connectivity index (χ4v) is 1.32. The second-order valence-electron chi connectivity index (χ2n) is 4.07. The zero-order chi connectivity index (χ0) is 11.4. The molecule has 15 heavy (non-hydrogen) atoms. The Hall–Kier alpha value is -1.49. The van der Waals surface area contributed by atoms with E-state index in [1.54, 1.807) is 6.92 Å². The van der Waals surface area contributed by atoms with Crippen LogP contribution in [-0.2, 0) is 0 Å². The van der Waals surface area contributed by atoms with Crippen molar-refractivity contribution in [3.63, 3.8) is 0 Å². The predicted molar refractivity (Wildman–Crippen MR) is 61.0 cm³/mol. The molecule has 0 aromatic heterocycles. The smallest absolute Gasteiger partial charge is 0.181 e. The summed E-state index contributed by atoms with van der Waals surface area (Å²) in [5.41, 5.74) is 2.31. The van der Waals surface area contributed by atoms with Gasteiger partial charge < -0.3 is 4.74 Å². The lowest BCUT2D eigenvalue weighted by atomic mass is 10.0. The van der Waals surface area contributed by atoms with Gasteiger partial charge in [-0.15, -0.1) is 0 Å². The number of rotatable bonds is 3. The fourth-order valence-electron chi connectivity index (χ4n) is 1.32. The van der Waals surface area contributed by atoms with Crippen LogP contribution in [0, 0.1) is 18.3 Å². The van der Waals surface area contributed by atoms with Gasteiger partial charge in [-0.3, -0.25) is 0 Å². The van der Waals surface area contributed by atoms with Gasteiger partial charge in [-0.25, -0.2) is 0 Å². The molecule has 2 heteroatoms. The van der Waals surface area contributed by atoms with Gasteiger partial charge >= 0.3 is 0 Å². The normalized spacial score (nSPS) is 12.3. The van der Waals surface area contributed by atoms with E-state index in [2.05, 4.69) is 26.0 Å². The second kappa shape index (κ2) is 4.84. The third-order valence-electron chi connectivity index (χ3n) is 2.36. The van der Waals surface area contributed by atoms with E-state index < -0.39 is 6.10 Å². The third kappa shape index (κ3) is 2.99. The molecule has 0 spiro atoms. The van der Waals surface area contributed by atoms with Crippen LogP contribution in [-0.4, -0.2) is 6.10 Å². The zero-order valence-corrected chi connectivity index (χ0v) is 9.74. The fraction of sp³-hybridized carbons (Fsp3) is 0.462. The molecule has 0 radical (unpaired) electrons. The third-order valence-corrected chi connectivity index (χ3v) is 2.36. The van der Waals surface area contributed by atoms with Crippen molar-refractivity contribution >= 4 is 0 Å². The Labute approximate surface area is 91.5 Å². The molecule has 1 rings (SSSR count). The van der Waals surface area contributed by atoms with Gasteiger partial charge in [0, 0.05) is 0 Å². The summed E-state index contributed by atoms with van der Waals surface area (Å²) in [6.07, 6.45) is -0.397. The highest BCUT2D eigenvalue weighted by Gasteiger charge is 2.07. The predicted octanol–water partition coefficient (Wildman–Crippen LogP) is 3.41. The van der Waals surface area contributed by atoms with E-state index in [0.29, 0.717) is 5.92 Å². The topological polar surface area (TPSA) is 33.0 Å². The first-order valence-electron chi connectivity index (χ1n) is 5.21. The lowest BCUT2D eigenvalue weighted by Gasteiger charge is -2.13. The molecule has 1 unspecified atom stereocenters. The standard InChI is InChI=1S/C13H17NO/c1-9(2)12-6-5-10(3)13(7-12)15-11(4)8-14/h5-7,9,11H,1-4H3. The van der Waals surface area contributed by atoms with Crippen molar-refractivity contribution < 1.29 is 4.74 Å². The highest BCUT2D eigenvalue weighted by atomic mass is 16.5. The summed E-state index contributed by atoms with van der Waals surface area (Å²) in [6.45, 7) is 8.02. The van der Waals surface area contributed by atoms with Crippen LogP contribution < -0.4 is 4.74 Å². The molecule has 0 N–H and O–H groups in total. The summed E-state index contributed by atoms with van der Waals surface area (Å²) < 4.78 is 5.52. The second-order valence-corrected chi connectivity index (χ2v) is 4.07. The summed E-state index contributed by atoms with van der Waals surface area (Å²) in [4.78, 5) is 0. The number of nitriles is 1. The van der Waals surface area contributed by atoms with E-state index in [-0.39, 0.29) is 0 Å². The summed E-state index contributed by atoms with van der Waals surface area (Å²) in [6, 6.07) is 8.23. The molecule has 1 aromatic carbocycles. The van der Waals surface area contributed by atoms with Crippen LogP contribution in [0.3, 0.4) is 0 Å². The molecule has 1 aromatic rings. The maximum Gasteiger partial charge on any atom is 0.181 e. The average Bonchev–Trinajstić information content (AvgIpc) is 2.20. The average molecular weight is 203 g/mol. The van der Waals surface area contributed by atoms with Crippen molar-refractivity contribution in [3.8, 4) is 11.8 Å². The van der Waals surface area contributed by atoms with E-state index in [0.717, 1.165) is 11.3 Å². The molecular formula is C13H17NO. The molecule has 0 heterocycles. The number of benzene rings is 1. The van der Waals surface area contributed by atoms with Crippen molar-refractivity contribution in [2.75, 3.05) is 0 Å². The minimum atomic E-state index is -0.397. The van der Waals surface area contributed by atoms with Crippen molar-refractivity contribution in [1.82, 2.24) is 0 Å². The Kier molecular flexibility index (Phi) is 3.74. The Morgan fingerprint density at radius 3 is 2.47 bits per heavy atom. The van der Waals surface area contributed by atoms with Crippen molar-refractivity contribution in [1.29, 1.82) is 5.26 Å². The van der Waals surface area contributed by atoms with Gasteiger partial charge in [0.15, 0.2) is 6.10 Å². The first-order chi connectivity index (χ1) is 7.04. The molecule has 0 saturated heterocycles. The Bertz CT molecular complexity index is 377. The van der Waals surface area contributed by atoms with Gasteiger partial charge in [0.2, 0.25) is 0 Å². The first kappa shape index (κ1) is 11.6. The minimum Gasteiger partial charge on any atom is -0.476 e. The van der Waals surface area contributed by atoms with Crippen LogP contribution in [0.15, 0.2) is 18.2 Å². The summed E-state index contributed by atoms with van der Waals surface area (Å²) >= 11 is 0. The SMILES string of the molecule is Cc1ccc(C(C)C)cc1OC(C)C#N. The highest BCUT2D eigenvalue weighted by Crippen LogP contribution is 2.24. The van der Waals surface area contributed by atoms with Gasteiger partial charge in [-0.05, 0) is 37.0 Å². The molecule has 0 amide bonds. The van der Waals surface area contributed by atoms with Gasteiger partial charge in [0.05, 0.1) is 0 Å². The van der Waals surface area contributed by atoms with Crippen molar-refractivity contribution in [2.45, 2.75) is 39.7 Å². The lowest BCUT2D eigenvalue weighted by molar-refractivity contribution is 0.274. The van der Waals surface area contributed by atoms with Crippen molar-refractivity contribution in [2.24, 2.45) is 0 Å². The Morgan fingerprint density at radius 2 is 1.93 bits per heavy atom. The van der Waals surface area contributed by atoms with Crippen LogP contribution in [0.1, 0.15) is 37.8 Å². The summed E-state index contributed by atoms with van der Waals surface area (Å²) in [5, 5.41) is 8.69. The monoisotopic (exact) mass is 203 g/mol. The Balaban J connectivity index is 2.96. The highest BCUT2D eigenvalue weighted by molar-refractivity contribution is 5.38. The molecular weight excluding hydrogens is 186 g/mol. The number of ether oxygens (including phenoxy) is 1. The van der Waals surface area contributed by atoms with Gasteiger partial charge in [-0.2, -0.15) is 5.26 Å². The molecule has 1 atom stereocenters. The maximum absolute atomic E-state index is 8.69. The Morgan fingerprint density at radius 1 is 1.27 bits per heavy atom. The van der Waals surface area contributed by atoms with E-state index in [1.807, 2.05) is 19.1 Å². The largest absolute Gasteiger partial charge is 0.476 e. The van der Waals surface area contributed by atoms with E-state index in [4.69, 9.17) is 10.00 Å². The molecule has 0 bridgehead atoms.